The largest absolute Gasteiger partial charge is 0.481 e. The number of hydrogen-bond acceptors (Lipinski definition) is 3. The van der Waals surface area contributed by atoms with Crippen molar-refractivity contribution >= 4 is 11.7 Å². The predicted molar refractivity (Wildman–Crippen MR) is 81.2 cm³/mol. The summed E-state index contributed by atoms with van der Waals surface area (Å²) in [5, 5.41) is 8.74. The van der Waals surface area contributed by atoms with Crippen molar-refractivity contribution in [2.45, 2.75) is 31.7 Å². The number of carbonyl (C=O) groups is 1. The zero-order valence-corrected chi connectivity index (χ0v) is 12.4. The molecule has 1 unspecified atom stereocenters. The van der Waals surface area contributed by atoms with Gasteiger partial charge in [-0.25, -0.2) is 0 Å². The van der Waals surface area contributed by atoms with Crippen LogP contribution in [0.1, 0.15) is 37.3 Å². The molecule has 0 radical (unpaired) electrons. The van der Waals surface area contributed by atoms with E-state index in [9.17, 15) is 4.79 Å². The zero-order chi connectivity index (χ0) is 14.5. The van der Waals surface area contributed by atoms with Crippen molar-refractivity contribution in [3.63, 3.8) is 0 Å². The number of carboxylic acids is 1. The third kappa shape index (κ3) is 3.73. The molecule has 1 saturated heterocycles. The van der Waals surface area contributed by atoms with E-state index in [0.717, 1.165) is 19.5 Å². The lowest BCUT2D eigenvalue weighted by Crippen LogP contribution is -2.25. The molecule has 1 aliphatic rings. The summed E-state index contributed by atoms with van der Waals surface area (Å²) in [4.78, 5) is 15.2. The second-order valence-electron chi connectivity index (χ2n) is 5.68. The van der Waals surface area contributed by atoms with Gasteiger partial charge in [0.2, 0.25) is 0 Å². The van der Waals surface area contributed by atoms with Crippen molar-refractivity contribution in [1.82, 2.24) is 4.90 Å². The van der Waals surface area contributed by atoms with Gasteiger partial charge in [-0.1, -0.05) is 12.1 Å². The third-order valence-corrected chi connectivity index (χ3v) is 3.97. The Morgan fingerprint density at radius 2 is 2.25 bits per heavy atom. The van der Waals surface area contributed by atoms with Crippen molar-refractivity contribution in [3.05, 3.63) is 29.8 Å². The fraction of sp³-hybridized carbons (Fsp3) is 0.562. The molecule has 0 aliphatic carbocycles. The first-order valence-electron chi connectivity index (χ1n) is 7.31. The van der Waals surface area contributed by atoms with Crippen LogP contribution < -0.4 is 4.90 Å². The normalized spacial score (nSPS) is 19.2. The molecular weight excluding hydrogens is 252 g/mol. The zero-order valence-electron chi connectivity index (χ0n) is 12.4. The molecule has 0 spiro atoms. The molecule has 0 aromatic heterocycles. The molecule has 2 rings (SSSR count). The van der Waals surface area contributed by atoms with E-state index in [-0.39, 0.29) is 6.42 Å². The summed E-state index contributed by atoms with van der Waals surface area (Å²) in [5.41, 5.74) is 2.57. The molecule has 1 heterocycles. The van der Waals surface area contributed by atoms with Crippen molar-refractivity contribution in [2.75, 3.05) is 32.1 Å². The molecule has 1 aliphatic heterocycles. The first-order chi connectivity index (χ1) is 9.58. The summed E-state index contributed by atoms with van der Waals surface area (Å²) in [6.07, 6.45) is 3.37. The Balaban J connectivity index is 2.02. The SMILES string of the molecule is CN(C)c1cccc(C2CCCN2CCCC(=O)O)c1. The monoisotopic (exact) mass is 276 g/mol. The van der Waals surface area contributed by atoms with Crippen molar-refractivity contribution in [3.8, 4) is 0 Å². The minimum absolute atomic E-state index is 0.265. The molecular formula is C16H24N2O2. The lowest BCUT2D eigenvalue weighted by Gasteiger charge is -2.25. The van der Waals surface area contributed by atoms with Crippen LogP contribution in [-0.4, -0.2) is 43.2 Å². The quantitative estimate of drug-likeness (QED) is 0.867. The molecule has 0 amide bonds. The van der Waals surface area contributed by atoms with E-state index in [4.69, 9.17) is 5.11 Å². The fourth-order valence-electron chi connectivity index (χ4n) is 2.91. The van der Waals surface area contributed by atoms with Gasteiger partial charge in [0.15, 0.2) is 0 Å². The Hall–Kier alpha value is -1.55. The summed E-state index contributed by atoms with van der Waals surface area (Å²) in [6.45, 7) is 1.96. The van der Waals surface area contributed by atoms with Gasteiger partial charge in [0.1, 0.15) is 0 Å². The van der Waals surface area contributed by atoms with E-state index in [1.807, 2.05) is 0 Å². The highest BCUT2D eigenvalue weighted by molar-refractivity contribution is 5.66. The number of rotatable bonds is 6. The van der Waals surface area contributed by atoms with E-state index < -0.39 is 5.97 Å². The average molecular weight is 276 g/mol. The number of aliphatic carboxylic acids is 1. The fourth-order valence-corrected chi connectivity index (χ4v) is 2.91. The molecule has 1 atom stereocenters. The lowest BCUT2D eigenvalue weighted by molar-refractivity contribution is -0.137. The Morgan fingerprint density at radius 1 is 1.45 bits per heavy atom. The molecule has 20 heavy (non-hydrogen) atoms. The van der Waals surface area contributed by atoms with Crippen LogP contribution in [0.25, 0.3) is 0 Å². The Labute approximate surface area is 121 Å². The minimum atomic E-state index is -0.699. The summed E-state index contributed by atoms with van der Waals surface area (Å²) in [5.74, 6) is -0.699. The topological polar surface area (TPSA) is 43.8 Å². The first-order valence-corrected chi connectivity index (χ1v) is 7.31. The standard InChI is InChI=1S/C16H24N2O2/c1-17(2)14-7-3-6-13(12-14)15-8-4-10-18(15)11-5-9-16(19)20/h3,6-7,12,15H,4-5,8-11H2,1-2H3,(H,19,20). The second-order valence-corrected chi connectivity index (χ2v) is 5.68. The van der Waals surface area contributed by atoms with Gasteiger partial charge < -0.3 is 10.0 Å². The molecule has 1 aromatic rings. The molecule has 1 N–H and O–H groups in total. The van der Waals surface area contributed by atoms with Crippen LogP contribution >= 0.6 is 0 Å². The van der Waals surface area contributed by atoms with Gasteiger partial charge in [-0.05, 0) is 50.0 Å². The molecule has 4 nitrogen and oxygen atoms in total. The van der Waals surface area contributed by atoms with E-state index in [0.29, 0.717) is 6.04 Å². The van der Waals surface area contributed by atoms with E-state index in [1.54, 1.807) is 0 Å². The average Bonchev–Trinajstić information content (AvgIpc) is 2.87. The van der Waals surface area contributed by atoms with Gasteiger partial charge >= 0.3 is 5.97 Å². The summed E-state index contributed by atoms with van der Waals surface area (Å²) in [7, 11) is 4.11. The Bertz CT molecular complexity index is 460. The molecule has 0 bridgehead atoms. The number of carboxylic acid groups (broad SMARTS) is 1. The van der Waals surface area contributed by atoms with Crippen LogP contribution in [0.5, 0.6) is 0 Å². The van der Waals surface area contributed by atoms with E-state index in [2.05, 4.69) is 48.2 Å². The maximum Gasteiger partial charge on any atom is 0.303 e. The van der Waals surface area contributed by atoms with Crippen LogP contribution in [0.15, 0.2) is 24.3 Å². The first kappa shape index (κ1) is 14.9. The maximum atomic E-state index is 10.6. The van der Waals surface area contributed by atoms with Gasteiger partial charge in [0.05, 0.1) is 0 Å². The van der Waals surface area contributed by atoms with Gasteiger partial charge in [-0.3, -0.25) is 9.69 Å². The third-order valence-electron chi connectivity index (χ3n) is 3.97. The second kappa shape index (κ2) is 6.75. The van der Waals surface area contributed by atoms with Crippen LogP contribution in [-0.2, 0) is 4.79 Å². The van der Waals surface area contributed by atoms with Crippen LogP contribution in [0.2, 0.25) is 0 Å². The lowest BCUT2D eigenvalue weighted by atomic mass is 10.0. The maximum absolute atomic E-state index is 10.6. The number of anilines is 1. The molecule has 110 valence electrons. The van der Waals surface area contributed by atoms with Gasteiger partial charge in [0, 0.05) is 32.2 Å². The van der Waals surface area contributed by atoms with E-state index >= 15 is 0 Å². The highest BCUT2D eigenvalue weighted by atomic mass is 16.4. The molecule has 1 aromatic carbocycles. The number of likely N-dealkylation sites (tertiary alicyclic amines) is 1. The van der Waals surface area contributed by atoms with Crippen LogP contribution in [0, 0.1) is 0 Å². The van der Waals surface area contributed by atoms with Crippen LogP contribution in [0.3, 0.4) is 0 Å². The Kier molecular flexibility index (Phi) is 5.01. The van der Waals surface area contributed by atoms with E-state index in [1.165, 1.54) is 24.1 Å². The Morgan fingerprint density at radius 3 is 2.95 bits per heavy atom. The highest BCUT2D eigenvalue weighted by Gasteiger charge is 2.25. The summed E-state index contributed by atoms with van der Waals surface area (Å²) in [6, 6.07) is 9.11. The molecule has 4 heteroatoms. The smallest absolute Gasteiger partial charge is 0.303 e. The molecule has 1 fully saturated rings. The number of hydrogen-bond donors (Lipinski definition) is 1. The molecule has 0 saturated carbocycles. The van der Waals surface area contributed by atoms with Gasteiger partial charge in [0.25, 0.3) is 0 Å². The van der Waals surface area contributed by atoms with Gasteiger partial charge in [-0.2, -0.15) is 0 Å². The summed E-state index contributed by atoms with van der Waals surface area (Å²) >= 11 is 0. The summed E-state index contributed by atoms with van der Waals surface area (Å²) < 4.78 is 0. The minimum Gasteiger partial charge on any atom is -0.481 e. The van der Waals surface area contributed by atoms with Crippen molar-refractivity contribution < 1.29 is 9.90 Å². The number of nitrogens with zero attached hydrogens (tertiary/aromatic N) is 2. The number of benzene rings is 1. The predicted octanol–water partition coefficient (Wildman–Crippen LogP) is 2.75. The van der Waals surface area contributed by atoms with Crippen LogP contribution in [0.4, 0.5) is 5.69 Å². The highest BCUT2D eigenvalue weighted by Crippen LogP contribution is 2.33. The van der Waals surface area contributed by atoms with Crippen molar-refractivity contribution in [1.29, 1.82) is 0 Å². The van der Waals surface area contributed by atoms with Gasteiger partial charge in [-0.15, -0.1) is 0 Å². The van der Waals surface area contributed by atoms with Crippen molar-refractivity contribution in [2.24, 2.45) is 0 Å².